The third-order valence-corrected chi connectivity index (χ3v) is 9.25. The molecule has 0 spiro atoms. The fraction of sp³-hybridized carbons (Fsp3) is 0.432. The molecule has 18 heteroatoms. The Balaban J connectivity index is 1.46. The van der Waals surface area contributed by atoms with E-state index in [2.05, 4.69) is 10.6 Å². The predicted molar refractivity (Wildman–Crippen MR) is 194 cm³/mol. The first-order chi connectivity index (χ1) is 26.3. The molecule has 294 valence electrons. The molecule has 6 amide bonds. The van der Waals surface area contributed by atoms with E-state index in [1.54, 1.807) is 0 Å². The number of hydrogen-bond acceptors (Lipinski definition) is 11. The molecule has 4 rings (SSSR count). The van der Waals surface area contributed by atoms with Gasteiger partial charge in [-0.3, -0.25) is 39.1 Å². The topological polar surface area (TPSA) is 258 Å². The number of urea groups is 1. The van der Waals surface area contributed by atoms with Crippen LogP contribution in [0.2, 0.25) is 0 Å². The highest BCUT2D eigenvalue weighted by molar-refractivity contribution is 6.12. The molecule has 1 saturated carbocycles. The molecule has 1 aliphatic carbocycles. The van der Waals surface area contributed by atoms with Gasteiger partial charge >= 0.3 is 18.2 Å². The van der Waals surface area contributed by atoms with Crippen LogP contribution in [0.3, 0.4) is 0 Å². The molecule has 0 bridgehead atoms. The molecule has 1 heterocycles. The van der Waals surface area contributed by atoms with Gasteiger partial charge in [0.1, 0.15) is 24.4 Å². The van der Waals surface area contributed by atoms with Gasteiger partial charge in [-0.05, 0) is 74.3 Å². The Hall–Kier alpha value is -6.33. The standard InChI is InChI=1S/C37H44N6O12/c38-36(50)39-21-6-9-29(35(48)49)42(26-13-11-24(12-14-26)23-54-37(51)55-28-17-15-27(16-18-28)43(52)53)34(47)33(25-7-3-4-8-25)40-30(44)10-2-1-5-22-41-31(45)19-20-32(41)46/h11-20,25,29,33H,1-10,21-23H2,(H,40,44)(H,48,49)(H3,38,39,50)/t29-,33-/m0/s1. The Labute approximate surface area is 316 Å². The second-order valence-corrected chi connectivity index (χ2v) is 13.1. The van der Waals surface area contributed by atoms with Gasteiger partial charge in [0.15, 0.2) is 0 Å². The number of nitro benzene ring substituents is 1. The smallest absolute Gasteiger partial charge is 0.480 e. The summed E-state index contributed by atoms with van der Waals surface area (Å²) in [7, 11) is 0. The highest BCUT2D eigenvalue weighted by Crippen LogP contribution is 2.31. The fourth-order valence-corrected chi connectivity index (χ4v) is 6.44. The number of carbonyl (C=O) groups is 7. The zero-order valence-electron chi connectivity index (χ0n) is 30.1. The second kappa shape index (κ2) is 20.2. The number of amides is 6. The summed E-state index contributed by atoms with van der Waals surface area (Å²) in [5.41, 5.74) is 5.64. The first-order valence-corrected chi connectivity index (χ1v) is 17.9. The summed E-state index contributed by atoms with van der Waals surface area (Å²) in [6.07, 6.45) is 5.93. The van der Waals surface area contributed by atoms with Crippen molar-refractivity contribution in [2.24, 2.45) is 11.7 Å². The summed E-state index contributed by atoms with van der Waals surface area (Å²) >= 11 is 0. The minimum Gasteiger partial charge on any atom is -0.480 e. The molecule has 2 aliphatic rings. The number of carbonyl (C=O) groups excluding carboxylic acids is 6. The van der Waals surface area contributed by atoms with Gasteiger partial charge in [0.25, 0.3) is 23.4 Å². The summed E-state index contributed by atoms with van der Waals surface area (Å²) in [5, 5.41) is 26.5. The number of nitrogens with zero attached hydrogens (tertiary/aromatic N) is 3. The van der Waals surface area contributed by atoms with Crippen LogP contribution >= 0.6 is 0 Å². The maximum absolute atomic E-state index is 14.5. The summed E-state index contributed by atoms with van der Waals surface area (Å²) in [4.78, 5) is 100. The number of primary amides is 1. The summed E-state index contributed by atoms with van der Waals surface area (Å²) in [5.74, 6) is -3.30. The van der Waals surface area contributed by atoms with Crippen LogP contribution in [0, 0.1) is 16.0 Å². The third kappa shape index (κ3) is 12.4. The van der Waals surface area contributed by atoms with Crippen LogP contribution in [0.25, 0.3) is 0 Å². The minimum absolute atomic E-state index is 0.0282. The van der Waals surface area contributed by atoms with Crippen molar-refractivity contribution in [1.29, 1.82) is 0 Å². The van der Waals surface area contributed by atoms with Crippen molar-refractivity contribution < 1.29 is 53.1 Å². The quantitative estimate of drug-likeness (QED) is 0.0376. The molecule has 18 nitrogen and oxygen atoms in total. The van der Waals surface area contributed by atoms with Gasteiger partial charge in [-0.25, -0.2) is 14.4 Å². The highest BCUT2D eigenvalue weighted by atomic mass is 16.7. The van der Waals surface area contributed by atoms with E-state index in [4.69, 9.17) is 15.2 Å². The molecule has 0 radical (unpaired) electrons. The molecule has 0 saturated heterocycles. The largest absolute Gasteiger partial charge is 0.514 e. The van der Waals surface area contributed by atoms with Gasteiger partial charge in [-0.2, -0.15) is 0 Å². The van der Waals surface area contributed by atoms with Crippen LogP contribution in [0.4, 0.5) is 21.0 Å². The van der Waals surface area contributed by atoms with Crippen molar-refractivity contribution in [3.8, 4) is 5.75 Å². The van der Waals surface area contributed by atoms with Crippen LogP contribution in [0.15, 0.2) is 60.7 Å². The number of aliphatic carboxylic acids is 1. The van der Waals surface area contributed by atoms with Crippen molar-refractivity contribution in [3.63, 3.8) is 0 Å². The van der Waals surface area contributed by atoms with Gasteiger partial charge < -0.3 is 30.9 Å². The van der Waals surface area contributed by atoms with Crippen molar-refractivity contribution in [1.82, 2.24) is 15.5 Å². The number of nitrogens with two attached hydrogens (primary N) is 1. The maximum Gasteiger partial charge on any atom is 0.514 e. The van der Waals surface area contributed by atoms with Crippen LogP contribution < -0.4 is 26.0 Å². The number of non-ortho nitro benzene ring substituents is 1. The number of rotatable bonds is 20. The molecule has 2 aromatic carbocycles. The number of unbranched alkanes of at least 4 members (excludes halogenated alkanes) is 2. The summed E-state index contributed by atoms with van der Waals surface area (Å²) < 4.78 is 10.2. The number of ether oxygens (including phenoxy) is 2. The molecular formula is C37H44N6O12. The van der Waals surface area contributed by atoms with Crippen molar-refractivity contribution in [3.05, 3.63) is 76.4 Å². The first kappa shape index (κ1) is 41.4. The molecular weight excluding hydrogens is 720 g/mol. The average molecular weight is 765 g/mol. The van der Waals surface area contributed by atoms with E-state index >= 15 is 0 Å². The Bertz CT molecular complexity index is 1740. The van der Waals surface area contributed by atoms with Gasteiger partial charge in [-0.1, -0.05) is 31.4 Å². The van der Waals surface area contributed by atoms with Gasteiger partial charge in [0.2, 0.25) is 5.91 Å². The zero-order valence-corrected chi connectivity index (χ0v) is 30.1. The Morgan fingerprint density at radius 2 is 1.60 bits per heavy atom. The fourth-order valence-electron chi connectivity index (χ4n) is 6.44. The normalized spacial score (nSPS) is 14.9. The monoisotopic (exact) mass is 764 g/mol. The zero-order chi connectivity index (χ0) is 39.9. The molecule has 55 heavy (non-hydrogen) atoms. The molecule has 1 fully saturated rings. The lowest BCUT2D eigenvalue weighted by molar-refractivity contribution is -0.384. The van der Waals surface area contributed by atoms with Crippen molar-refractivity contribution in [2.75, 3.05) is 18.0 Å². The maximum atomic E-state index is 14.5. The lowest BCUT2D eigenvalue weighted by Crippen LogP contribution is -2.56. The lowest BCUT2D eigenvalue weighted by atomic mass is 9.94. The van der Waals surface area contributed by atoms with E-state index in [1.165, 1.54) is 60.7 Å². The van der Waals surface area contributed by atoms with Crippen LogP contribution in [0.1, 0.15) is 69.8 Å². The Kier molecular flexibility index (Phi) is 15.2. The van der Waals surface area contributed by atoms with Crippen LogP contribution in [-0.4, -0.2) is 81.9 Å². The van der Waals surface area contributed by atoms with E-state index in [9.17, 15) is 48.8 Å². The molecule has 5 N–H and O–H groups in total. The molecule has 2 atom stereocenters. The van der Waals surface area contributed by atoms with E-state index < -0.39 is 47.0 Å². The van der Waals surface area contributed by atoms with E-state index in [0.29, 0.717) is 37.7 Å². The number of nitro groups is 1. The molecule has 1 aliphatic heterocycles. The minimum atomic E-state index is -1.40. The van der Waals surface area contributed by atoms with E-state index in [0.717, 1.165) is 22.6 Å². The Morgan fingerprint density at radius 3 is 2.20 bits per heavy atom. The number of imide groups is 1. The first-order valence-electron chi connectivity index (χ1n) is 17.9. The second-order valence-electron chi connectivity index (χ2n) is 13.1. The number of benzene rings is 2. The predicted octanol–water partition coefficient (Wildman–Crippen LogP) is 3.71. The van der Waals surface area contributed by atoms with Crippen LogP contribution in [-0.2, 0) is 35.3 Å². The third-order valence-electron chi connectivity index (χ3n) is 9.25. The number of anilines is 1. The number of carboxylic acid groups (broad SMARTS) is 1. The number of nitrogens with one attached hydrogen (secondary N) is 2. The SMILES string of the molecule is NC(=O)NCCC[C@@H](C(=O)O)N(C(=O)[C@@H](NC(=O)CCCCCN1C(=O)C=CC1=O)C1CCCC1)c1ccc(COC(=O)Oc2ccc([N+](=O)[O-])cc2)cc1. The van der Waals surface area contributed by atoms with E-state index in [1.807, 2.05) is 0 Å². The van der Waals surface area contributed by atoms with Gasteiger partial charge in [0, 0.05) is 49.5 Å². The van der Waals surface area contributed by atoms with Crippen LogP contribution in [0.5, 0.6) is 5.75 Å². The average Bonchev–Trinajstić information content (AvgIpc) is 3.80. The molecule has 0 aromatic heterocycles. The van der Waals surface area contributed by atoms with Gasteiger partial charge in [-0.15, -0.1) is 0 Å². The molecule has 0 unspecified atom stereocenters. The highest BCUT2D eigenvalue weighted by Gasteiger charge is 2.40. The van der Waals surface area contributed by atoms with Crippen molar-refractivity contribution in [2.45, 2.75) is 82.9 Å². The Morgan fingerprint density at radius 1 is 0.945 bits per heavy atom. The summed E-state index contributed by atoms with van der Waals surface area (Å²) in [6, 6.07) is 7.66. The number of carboxylic acids is 1. The number of hydrogen-bond donors (Lipinski definition) is 4. The van der Waals surface area contributed by atoms with Crippen molar-refractivity contribution >= 4 is 53.2 Å². The summed E-state index contributed by atoms with van der Waals surface area (Å²) in [6.45, 7) is 0.0312. The van der Waals surface area contributed by atoms with E-state index in [-0.39, 0.29) is 73.8 Å². The lowest BCUT2D eigenvalue weighted by Gasteiger charge is -2.35. The molecule has 2 aromatic rings. The van der Waals surface area contributed by atoms with Gasteiger partial charge in [0.05, 0.1) is 4.92 Å².